The van der Waals surface area contributed by atoms with E-state index in [2.05, 4.69) is 29.3 Å². The number of rotatable bonds is 1. The van der Waals surface area contributed by atoms with Crippen LogP contribution in [0.5, 0.6) is 0 Å². The van der Waals surface area contributed by atoms with Gasteiger partial charge in [0.15, 0.2) is 0 Å². The first-order valence-corrected chi connectivity index (χ1v) is 2.52. The molecule has 0 rings (SSSR count). The van der Waals surface area contributed by atoms with Crippen molar-refractivity contribution in [1.29, 1.82) is 0 Å². The number of nitrogens with two attached hydrogens (primary N) is 3. The molecule has 0 radical (unpaired) electrons. The number of hydrogen-bond acceptors (Lipinski definition) is 4. The first-order chi connectivity index (χ1) is 4.68. The van der Waals surface area contributed by atoms with E-state index in [1.807, 2.05) is 14.1 Å². The normalized spacial score (nSPS) is 5.60. The molecule has 0 atom stereocenters. The lowest BCUT2D eigenvalue weighted by Crippen LogP contribution is -2.04. The van der Waals surface area contributed by atoms with Crippen LogP contribution in [0.1, 0.15) is 0 Å². The fraction of sp³-hybridized carbons (Fsp3) is 0.400. The van der Waals surface area contributed by atoms with E-state index >= 15 is 0 Å². The average molecular weight is 148 g/mol. The summed E-state index contributed by atoms with van der Waals surface area (Å²) in [5.41, 5.74) is 4.53. The summed E-state index contributed by atoms with van der Waals surface area (Å²) in [5, 5.41) is 2.75. The predicted octanol–water partition coefficient (Wildman–Crippen LogP) is -1.69. The topological polar surface area (TPSA) is 107 Å². The highest BCUT2D eigenvalue weighted by Gasteiger charge is 1.69. The second-order valence-electron chi connectivity index (χ2n) is 1.11. The van der Waals surface area contributed by atoms with Gasteiger partial charge in [-0.3, -0.25) is 16.5 Å². The second kappa shape index (κ2) is 24.3. The minimum atomic E-state index is -0.481. The molecule has 0 saturated heterocycles. The highest BCUT2D eigenvalue weighted by molar-refractivity contribution is 5.84. The third-order valence-electron chi connectivity index (χ3n) is 0.201. The maximum absolute atomic E-state index is 9.47. The Kier molecular flexibility index (Phi) is 39.0. The zero-order valence-corrected chi connectivity index (χ0v) is 6.42. The number of amides is 1. The zero-order chi connectivity index (χ0) is 8.99. The lowest BCUT2D eigenvalue weighted by atomic mass is 10.6. The summed E-state index contributed by atoms with van der Waals surface area (Å²) in [6, 6.07) is 0. The molecule has 0 spiro atoms. The van der Waals surface area contributed by atoms with Crippen LogP contribution in [0.25, 0.3) is 0 Å². The van der Waals surface area contributed by atoms with Crippen molar-refractivity contribution in [3.63, 3.8) is 0 Å². The smallest absolute Gasteiger partial charge is 0.240 e. The van der Waals surface area contributed by atoms with Gasteiger partial charge in [-0.05, 0) is 20.2 Å². The molecule has 10 heavy (non-hydrogen) atoms. The Labute approximate surface area is 61.2 Å². The number of carbonyl (C=O) groups excluding carboxylic acids is 1. The summed E-state index contributed by atoms with van der Waals surface area (Å²) in [5.74, 6) is 7.52. The lowest BCUT2D eigenvalue weighted by Gasteiger charge is -1.65. The van der Waals surface area contributed by atoms with Crippen LogP contribution in [0.2, 0.25) is 0 Å². The molecule has 0 saturated carbocycles. The molecule has 0 bridgehead atoms. The van der Waals surface area contributed by atoms with Gasteiger partial charge < -0.3 is 11.1 Å². The molecule has 0 heterocycles. The van der Waals surface area contributed by atoms with Crippen LogP contribution in [-0.4, -0.2) is 20.0 Å². The van der Waals surface area contributed by atoms with Gasteiger partial charge in [-0.2, -0.15) is 0 Å². The summed E-state index contributed by atoms with van der Waals surface area (Å²) < 4.78 is 0. The lowest BCUT2D eigenvalue weighted by molar-refractivity contribution is -0.113. The van der Waals surface area contributed by atoms with Gasteiger partial charge in [0.25, 0.3) is 0 Å². The number of carbonyl (C=O) groups is 1. The quantitative estimate of drug-likeness (QED) is 0.202. The van der Waals surface area contributed by atoms with E-state index in [1.165, 1.54) is 0 Å². The standard InChI is InChI=1S/C3H5NO.C2H7N.H4N2/c1-2-3(4)5;1-3-2;1-2/h2H,1H2,(H2,4,5);3H,1-2H3;1-2H2. The molecule has 62 valence electrons. The number of nitrogens with one attached hydrogen (secondary N) is 1. The fourth-order valence-corrected chi connectivity index (χ4v) is 0. The highest BCUT2D eigenvalue weighted by Crippen LogP contribution is 1.48. The van der Waals surface area contributed by atoms with Gasteiger partial charge in [0, 0.05) is 0 Å². The molecule has 0 aliphatic rings. The second-order valence-corrected chi connectivity index (χ2v) is 1.11. The van der Waals surface area contributed by atoms with Crippen LogP contribution in [0.15, 0.2) is 12.7 Å². The largest absolute Gasteiger partial charge is 0.366 e. The Hall–Kier alpha value is -0.910. The Morgan fingerprint density at radius 3 is 1.60 bits per heavy atom. The molecule has 0 aliphatic heterocycles. The zero-order valence-electron chi connectivity index (χ0n) is 6.42. The number of hydrazine groups is 1. The van der Waals surface area contributed by atoms with Crippen LogP contribution < -0.4 is 22.7 Å². The van der Waals surface area contributed by atoms with Gasteiger partial charge in [0.2, 0.25) is 5.91 Å². The van der Waals surface area contributed by atoms with Gasteiger partial charge in [-0.25, -0.2) is 0 Å². The maximum atomic E-state index is 9.47. The van der Waals surface area contributed by atoms with Crippen molar-refractivity contribution in [2.75, 3.05) is 14.1 Å². The van der Waals surface area contributed by atoms with Crippen molar-refractivity contribution in [3.8, 4) is 0 Å². The molecule has 5 nitrogen and oxygen atoms in total. The van der Waals surface area contributed by atoms with Gasteiger partial charge in [0.05, 0.1) is 0 Å². The van der Waals surface area contributed by atoms with Crippen molar-refractivity contribution in [3.05, 3.63) is 12.7 Å². The Morgan fingerprint density at radius 2 is 1.60 bits per heavy atom. The van der Waals surface area contributed by atoms with E-state index in [0.717, 1.165) is 6.08 Å². The molecule has 0 aromatic heterocycles. The molecule has 0 fully saturated rings. The van der Waals surface area contributed by atoms with E-state index < -0.39 is 5.91 Å². The summed E-state index contributed by atoms with van der Waals surface area (Å²) in [6.45, 7) is 3.09. The molecular weight excluding hydrogens is 132 g/mol. The van der Waals surface area contributed by atoms with Crippen LogP contribution in [0.3, 0.4) is 0 Å². The molecular formula is C5H16N4O. The van der Waals surface area contributed by atoms with Gasteiger partial charge in [0.1, 0.15) is 0 Å². The molecule has 0 unspecified atom stereocenters. The van der Waals surface area contributed by atoms with Crippen molar-refractivity contribution >= 4 is 5.91 Å². The molecule has 0 aliphatic carbocycles. The number of primary amides is 1. The van der Waals surface area contributed by atoms with Crippen molar-refractivity contribution < 1.29 is 4.79 Å². The number of hydrogen-bond donors (Lipinski definition) is 4. The Balaban J connectivity index is -0.0000000847. The van der Waals surface area contributed by atoms with Crippen LogP contribution in [-0.2, 0) is 4.79 Å². The molecule has 5 heteroatoms. The molecule has 1 amide bonds. The SMILES string of the molecule is C=CC(N)=O.CNC.NN. The predicted molar refractivity (Wildman–Crippen MR) is 42.7 cm³/mol. The Bertz CT molecular complexity index is 74.0. The maximum Gasteiger partial charge on any atom is 0.240 e. The van der Waals surface area contributed by atoms with Crippen molar-refractivity contribution in [2.24, 2.45) is 17.4 Å². The minimum Gasteiger partial charge on any atom is -0.366 e. The van der Waals surface area contributed by atoms with Crippen LogP contribution >= 0.6 is 0 Å². The summed E-state index contributed by atoms with van der Waals surface area (Å²) >= 11 is 0. The monoisotopic (exact) mass is 148 g/mol. The van der Waals surface area contributed by atoms with Gasteiger partial charge >= 0.3 is 0 Å². The first-order valence-electron chi connectivity index (χ1n) is 2.52. The van der Waals surface area contributed by atoms with E-state index in [1.54, 1.807) is 0 Å². The third-order valence-corrected chi connectivity index (χ3v) is 0.201. The third kappa shape index (κ3) is 221. The summed E-state index contributed by atoms with van der Waals surface area (Å²) in [4.78, 5) is 9.47. The molecule has 0 aromatic rings. The fourth-order valence-electron chi connectivity index (χ4n) is 0. The Morgan fingerprint density at radius 1 is 1.50 bits per heavy atom. The van der Waals surface area contributed by atoms with E-state index in [4.69, 9.17) is 0 Å². The van der Waals surface area contributed by atoms with Crippen molar-refractivity contribution in [2.45, 2.75) is 0 Å². The van der Waals surface area contributed by atoms with Crippen molar-refractivity contribution in [1.82, 2.24) is 5.32 Å². The minimum absolute atomic E-state index is 0.481. The van der Waals surface area contributed by atoms with E-state index in [0.29, 0.717) is 0 Å². The molecule has 0 aromatic carbocycles. The van der Waals surface area contributed by atoms with Crippen LogP contribution in [0.4, 0.5) is 0 Å². The molecule has 7 N–H and O–H groups in total. The van der Waals surface area contributed by atoms with Gasteiger partial charge in [-0.1, -0.05) is 6.58 Å². The first kappa shape index (κ1) is 16.0. The highest BCUT2D eigenvalue weighted by atomic mass is 16.1. The van der Waals surface area contributed by atoms with E-state index in [9.17, 15) is 4.79 Å². The van der Waals surface area contributed by atoms with E-state index in [-0.39, 0.29) is 0 Å². The van der Waals surface area contributed by atoms with Gasteiger partial charge in [-0.15, -0.1) is 0 Å². The summed E-state index contributed by atoms with van der Waals surface area (Å²) in [6.07, 6.45) is 1.06. The van der Waals surface area contributed by atoms with Crippen LogP contribution in [0, 0.1) is 0 Å². The summed E-state index contributed by atoms with van der Waals surface area (Å²) in [7, 11) is 3.75. The average Bonchev–Trinajstić information content (AvgIpc) is 1.94.